The zero-order valence-corrected chi connectivity index (χ0v) is 18.3. The Balaban J connectivity index is 1.62. The van der Waals surface area contributed by atoms with Gasteiger partial charge in [-0.1, -0.05) is 26.0 Å². The van der Waals surface area contributed by atoms with Gasteiger partial charge in [0.15, 0.2) is 0 Å². The van der Waals surface area contributed by atoms with Gasteiger partial charge < -0.3 is 4.90 Å². The fraction of sp³-hybridized carbons (Fsp3) is 0.429. The third-order valence-corrected chi connectivity index (χ3v) is 7.46. The Morgan fingerprint density at radius 2 is 1.71 bits per heavy atom. The van der Waals surface area contributed by atoms with Crippen molar-refractivity contribution in [2.45, 2.75) is 13.8 Å². The number of halogens is 1. The molecule has 0 aliphatic carbocycles. The Hall–Kier alpha value is -2.56. The lowest BCUT2D eigenvalue weighted by Gasteiger charge is -2.35. The van der Waals surface area contributed by atoms with Crippen LogP contribution in [0.25, 0.3) is 11.1 Å². The molecule has 0 spiro atoms. The van der Waals surface area contributed by atoms with Crippen LogP contribution in [-0.4, -0.2) is 60.8 Å². The molecule has 168 valence electrons. The van der Waals surface area contributed by atoms with E-state index in [-0.39, 0.29) is 30.6 Å². The summed E-state index contributed by atoms with van der Waals surface area (Å²) in [5.41, 5.74) is 3.29. The second kappa shape index (κ2) is 9.71. The molecule has 1 aromatic carbocycles. The Bertz CT molecular complexity index is 989. The summed E-state index contributed by atoms with van der Waals surface area (Å²) in [5.74, 6) is -1.65. The zero-order chi connectivity index (χ0) is 22.6. The smallest absolute Gasteiger partial charge is 0.247 e. The van der Waals surface area contributed by atoms with Crippen LogP contribution in [0.5, 0.6) is 0 Å². The molecule has 1 amide bonds. The highest BCUT2D eigenvalue weighted by Crippen LogP contribution is 2.23. The highest BCUT2D eigenvalue weighted by molar-refractivity contribution is 7.89. The molecule has 2 aromatic rings. The van der Waals surface area contributed by atoms with Crippen LogP contribution >= 0.6 is 0 Å². The lowest BCUT2D eigenvalue weighted by atomic mass is 9.97. The predicted molar refractivity (Wildman–Crippen MR) is 115 cm³/mol. The van der Waals surface area contributed by atoms with Crippen LogP contribution in [0.2, 0.25) is 0 Å². The quantitative estimate of drug-likeness (QED) is 0.495. The zero-order valence-electron chi connectivity index (χ0n) is 17.5. The van der Waals surface area contributed by atoms with Crippen molar-refractivity contribution < 1.29 is 22.8 Å². The number of aromatic nitrogens is 1. The van der Waals surface area contributed by atoms with E-state index in [0.717, 1.165) is 16.9 Å². The van der Waals surface area contributed by atoms with Crippen LogP contribution in [0.4, 0.5) is 10.2 Å². The minimum absolute atomic E-state index is 0.230. The molecular weight excluding hydrogens is 423 g/mol. The summed E-state index contributed by atoms with van der Waals surface area (Å²) in [5, 5.41) is 8.89. The molecule has 0 unspecified atom stereocenters. The number of nitrogens with one attached hydrogen (secondary N) is 1. The van der Waals surface area contributed by atoms with Crippen LogP contribution < -0.4 is 10.4 Å². The first-order valence-corrected chi connectivity index (χ1v) is 11.7. The van der Waals surface area contributed by atoms with E-state index < -0.39 is 21.8 Å². The van der Waals surface area contributed by atoms with Crippen molar-refractivity contribution >= 4 is 21.7 Å². The number of pyridine rings is 1. The van der Waals surface area contributed by atoms with Crippen LogP contribution in [0.1, 0.15) is 13.8 Å². The maximum absolute atomic E-state index is 13.1. The number of piperazine rings is 1. The van der Waals surface area contributed by atoms with Gasteiger partial charge in [-0.25, -0.2) is 23.3 Å². The lowest BCUT2D eigenvalue weighted by Crippen LogP contribution is -2.51. The summed E-state index contributed by atoms with van der Waals surface area (Å²) in [6, 6.07) is 9.95. The first kappa shape index (κ1) is 23.1. The Morgan fingerprint density at radius 1 is 1.10 bits per heavy atom. The number of rotatable bonds is 7. The number of hydrogen-bond donors (Lipinski definition) is 2. The maximum Gasteiger partial charge on any atom is 0.247 e. The minimum Gasteiger partial charge on any atom is -0.354 e. The Kier molecular flexibility index (Phi) is 7.24. The second-order valence-corrected chi connectivity index (χ2v) is 9.92. The van der Waals surface area contributed by atoms with Crippen molar-refractivity contribution in [2.75, 3.05) is 36.8 Å². The number of anilines is 1. The van der Waals surface area contributed by atoms with Crippen molar-refractivity contribution in [1.29, 1.82) is 0 Å². The molecule has 0 bridgehead atoms. The average molecular weight is 451 g/mol. The summed E-state index contributed by atoms with van der Waals surface area (Å²) < 4.78 is 40.1. The first-order chi connectivity index (χ1) is 14.7. The molecule has 1 saturated heterocycles. The third kappa shape index (κ3) is 5.57. The highest BCUT2D eigenvalue weighted by atomic mass is 32.2. The normalized spacial score (nSPS) is 16.4. The fourth-order valence-corrected chi connectivity index (χ4v) is 5.49. The van der Waals surface area contributed by atoms with Gasteiger partial charge in [0.05, 0.1) is 11.7 Å². The topological polar surface area (TPSA) is 103 Å². The second-order valence-electron chi connectivity index (χ2n) is 7.90. The molecule has 2 N–H and O–H groups in total. The van der Waals surface area contributed by atoms with Gasteiger partial charge in [0.2, 0.25) is 15.9 Å². The van der Waals surface area contributed by atoms with E-state index in [1.54, 1.807) is 37.7 Å². The number of carbonyl (C=O) groups excluding carboxylic acids is 1. The SMILES string of the molecule is CC(C)[C@@H](CS(=O)(=O)N1CCN(c2ccc(-c3ccc(F)cc3)cn2)CC1)C(=O)NO. The molecule has 3 rings (SSSR count). The van der Waals surface area contributed by atoms with E-state index in [9.17, 15) is 17.6 Å². The molecule has 1 aliphatic heterocycles. The molecule has 1 aliphatic rings. The molecule has 10 heteroatoms. The molecular formula is C21H27FN4O4S. The first-order valence-electron chi connectivity index (χ1n) is 10.1. The van der Waals surface area contributed by atoms with E-state index in [4.69, 9.17) is 5.21 Å². The van der Waals surface area contributed by atoms with Crippen molar-refractivity contribution in [3.05, 3.63) is 48.4 Å². The van der Waals surface area contributed by atoms with Crippen LogP contribution in [0.15, 0.2) is 42.6 Å². The van der Waals surface area contributed by atoms with Gasteiger partial charge in [-0.3, -0.25) is 10.0 Å². The summed E-state index contributed by atoms with van der Waals surface area (Å²) in [6.07, 6.45) is 1.71. The van der Waals surface area contributed by atoms with Crippen LogP contribution in [-0.2, 0) is 14.8 Å². The van der Waals surface area contributed by atoms with Gasteiger partial charge in [-0.2, -0.15) is 4.31 Å². The van der Waals surface area contributed by atoms with E-state index in [0.29, 0.717) is 13.1 Å². The van der Waals surface area contributed by atoms with Crippen molar-refractivity contribution in [3.63, 3.8) is 0 Å². The van der Waals surface area contributed by atoms with Crippen molar-refractivity contribution in [1.82, 2.24) is 14.8 Å². The van der Waals surface area contributed by atoms with Gasteiger partial charge in [0.25, 0.3) is 0 Å². The van der Waals surface area contributed by atoms with Gasteiger partial charge in [0, 0.05) is 37.9 Å². The molecule has 31 heavy (non-hydrogen) atoms. The predicted octanol–water partition coefficient (Wildman–Crippen LogP) is 2.12. The Labute approximate surface area is 181 Å². The summed E-state index contributed by atoms with van der Waals surface area (Å²) in [6.45, 7) is 5.01. The summed E-state index contributed by atoms with van der Waals surface area (Å²) in [7, 11) is -3.65. The number of hydrogen-bond acceptors (Lipinski definition) is 6. The van der Waals surface area contributed by atoms with Gasteiger partial charge in [0.1, 0.15) is 11.6 Å². The number of benzene rings is 1. The lowest BCUT2D eigenvalue weighted by molar-refractivity contribution is -0.134. The fourth-order valence-electron chi connectivity index (χ4n) is 3.57. The number of amides is 1. The molecule has 2 heterocycles. The number of carbonyl (C=O) groups is 1. The van der Waals surface area contributed by atoms with Gasteiger partial charge in [-0.05, 0) is 35.7 Å². The summed E-state index contributed by atoms with van der Waals surface area (Å²) in [4.78, 5) is 18.3. The third-order valence-electron chi connectivity index (χ3n) is 5.52. The van der Waals surface area contributed by atoms with Gasteiger partial charge in [-0.15, -0.1) is 0 Å². The van der Waals surface area contributed by atoms with Crippen molar-refractivity contribution in [3.8, 4) is 11.1 Å². The molecule has 0 radical (unpaired) electrons. The van der Waals surface area contributed by atoms with E-state index in [2.05, 4.69) is 4.98 Å². The van der Waals surface area contributed by atoms with Crippen LogP contribution in [0, 0.1) is 17.7 Å². The standard InChI is InChI=1S/C21H27FN4O4S/c1-15(2)19(21(27)24-28)14-31(29,30)26-11-9-25(10-12-26)20-8-5-17(13-23-20)16-3-6-18(22)7-4-16/h3-8,13,15,19,28H,9-12,14H2,1-2H3,(H,24,27)/t19-/m1/s1. The van der Waals surface area contributed by atoms with Gasteiger partial charge >= 0.3 is 0 Å². The Morgan fingerprint density at radius 3 is 2.23 bits per heavy atom. The van der Waals surface area contributed by atoms with E-state index >= 15 is 0 Å². The molecule has 1 atom stereocenters. The van der Waals surface area contributed by atoms with Crippen molar-refractivity contribution in [2.24, 2.45) is 11.8 Å². The molecule has 0 saturated carbocycles. The minimum atomic E-state index is -3.65. The highest BCUT2D eigenvalue weighted by Gasteiger charge is 2.33. The molecule has 1 aromatic heterocycles. The maximum atomic E-state index is 13.1. The monoisotopic (exact) mass is 450 g/mol. The molecule has 8 nitrogen and oxygen atoms in total. The summed E-state index contributed by atoms with van der Waals surface area (Å²) >= 11 is 0. The van der Waals surface area contributed by atoms with E-state index in [1.807, 2.05) is 17.0 Å². The molecule has 1 fully saturated rings. The van der Waals surface area contributed by atoms with E-state index in [1.165, 1.54) is 16.4 Å². The largest absolute Gasteiger partial charge is 0.354 e. The average Bonchev–Trinajstić information content (AvgIpc) is 2.77. The van der Waals surface area contributed by atoms with Crippen LogP contribution in [0.3, 0.4) is 0 Å². The number of sulfonamides is 1. The number of nitrogens with zero attached hydrogens (tertiary/aromatic N) is 3. The number of hydroxylamine groups is 1.